The SMILES string of the molecule is C(=P(c1ccccc1)(c1ccccc1)c1ccccc1)[P+](c1ccccc1)(c1ccccc1)c1ccccc1. The van der Waals surface area contributed by atoms with Crippen molar-refractivity contribution < 1.29 is 0 Å². The van der Waals surface area contributed by atoms with Crippen LogP contribution >= 0.6 is 14.1 Å². The number of rotatable bonds is 7. The average Bonchev–Trinajstić information content (AvgIpc) is 3.04. The quantitative estimate of drug-likeness (QED) is 0.198. The molecule has 6 aromatic rings. The highest BCUT2D eigenvalue weighted by Crippen LogP contribution is 2.60. The Kier molecular flexibility index (Phi) is 7.42. The van der Waals surface area contributed by atoms with E-state index in [0.717, 1.165) is 0 Å². The molecular weight excluding hydrogens is 506 g/mol. The normalized spacial score (nSPS) is 11.6. The molecular formula is C37H31P2+. The lowest BCUT2D eigenvalue weighted by atomic mass is 10.4. The van der Waals surface area contributed by atoms with E-state index in [4.69, 9.17) is 0 Å². The van der Waals surface area contributed by atoms with Gasteiger partial charge in [-0.05, 0) is 52.3 Å². The molecule has 6 aromatic carbocycles. The van der Waals surface area contributed by atoms with Crippen molar-refractivity contribution >= 4 is 51.5 Å². The van der Waals surface area contributed by atoms with Crippen molar-refractivity contribution in [1.82, 2.24) is 0 Å². The standard InChI is InChI=1S/C37H31P2/c1-7-19-32(20-8-1)38(33-21-9-2-10-22-33,34-23-11-3-12-24-34)31-39(35-25-13-4-14-26-35,36-27-15-5-16-28-36)37-29-17-6-18-30-37/h1-31H/q+1. The molecule has 0 radical (unpaired) electrons. The maximum Gasteiger partial charge on any atom is 0.137 e. The van der Waals surface area contributed by atoms with Gasteiger partial charge in [0.05, 0.1) is 5.54 Å². The highest BCUT2D eigenvalue weighted by molar-refractivity contribution is 8.18. The molecule has 0 aliphatic rings. The third kappa shape index (κ3) is 4.72. The van der Waals surface area contributed by atoms with Crippen LogP contribution in [-0.2, 0) is 0 Å². The van der Waals surface area contributed by atoms with E-state index in [1.165, 1.54) is 31.8 Å². The van der Waals surface area contributed by atoms with Crippen LogP contribution in [0, 0.1) is 0 Å². The third-order valence-electron chi connectivity index (χ3n) is 7.33. The van der Waals surface area contributed by atoms with Crippen LogP contribution in [0.1, 0.15) is 0 Å². The number of hydrogen-bond acceptors (Lipinski definition) is 0. The maximum atomic E-state index is 2.82. The molecule has 0 amide bonds. The lowest BCUT2D eigenvalue weighted by molar-refractivity contribution is 1.73. The van der Waals surface area contributed by atoms with Gasteiger partial charge in [0.2, 0.25) is 0 Å². The van der Waals surface area contributed by atoms with Crippen molar-refractivity contribution in [3.05, 3.63) is 182 Å². The summed E-state index contributed by atoms with van der Waals surface area (Å²) >= 11 is 0. The predicted octanol–water partition coefficient (Wildman–Crippen LogP) is 6.73. The summed E-state index contributed by atoms with van der Waals surface area (Å²) in [6, 6.07) is 67.1. The summed E-state index contributed by atoms with van der Waals surface area (Å²) in [6.07, 6.45) is 0. The van der Waals surface area contributed by atoms with Gasteiger partial charge in [-0.25, -0.2) is 0 Å². The molecule has 0 spiro atoms. The zero-order valence-corrected chi connectivity index (χ0v) is 23.6. The van der Waals surface area contributed by atoms with Crippen LogP contribution in [0.25, 0.3) is 0 Å². The fraction of sp³-hybridized carbons (Fsp3) is 0. The predicted molar refractivity (Wildman–Crippen MR) is 176 cm³/mol. The topological polar surface area (TPSA) is 0 Å². The van der Waals surface area contributed by atoms with E-state index in [9.17, 15) is 0 Å². The third-order valence-corrected chi connectivity index (χ3v) is 16.8. The van der Waals surface area contributed by atoms with Crippen LogP contribution in [-0.4, -0.2) is 5.54 Å². The molecule has 0 saturated heterocycles. The second-order valence-corrected chi connectivity index (χ2v) is 16.5. The lowest BCUT2D eigenvalue weighted by Crippen LogP contribution is -2.36. The molecule has 2 heteroatoms. The second kappa shape index (κ2) is 11.4. The highest BCUT2D eigenvalue weighted by Gasteiger charge is 2.47. The minimum absolute atomic E-state index is 1.37. The Morgan fingerprint density at radius 3 is 0.795 bits per heavy atom. The Labute approximate surface area is 233 Å². The van der Waals surface area contributed by atoms with E-state index in [-0.39, 0.29) is 0 Å². The van der Waals surface area contributed by atoms with Gasteiger partial charge in [0.15, 0.2) is 0 Å². The summed E-state index contributed by atoms with van der Waals surface area (Å²) in [6.45, 7) is -2.25. The highest BCUT2D eigenvalue weighted by atomic mass is 31.2. The Bertz CT molecular complexity index is 1460. The molecule has 0 aliphatic heterocycles. The van der Waals surface area contributed by atoms with E-state index in [2.05, 4.69) is 188 Å². The molecule has 0 fully saturated rings. The molecule has 0 saturated carbocycles. The van der Waals surface area contributed by atoms with Gasteiger partial charge in [0.1, 0.15) is 23.2 Å². The van der Waals surface area contributed by atoms with E-state index in [1.54, 1.807) is 0 Å². The zero-order chi connectivity index (χ0) is 26.4. The van der Waals surface area contributed by atoms with Crippen LogP contribution in [0.3, 0.4) is 0 Å². The van der Waals surface area contributed by atoms with Crippen molar-refractivity contribution in [2.75, 3.05) is 0 Å². The van der Waals surface area contributed by atoms with Gasteiger partial charge in [0, 0.05) is 6.89 Å². The summed E-state index contributed by atoms with van der Waals surface area (Å²) in [5, 5.41) is 8.22. The van der Waals surface area contributed by atoms with Gasteiger partial charge in [-0.2, -0.15) is 0 Å². The summed E-state index contributed by atoms with van der Waals surface area (Å²) in [5.74, 6) is 0. The van der Waals surface area contributed by atoms with E-state index < -0.39 is 14.1 Å². The van der Waals surface area contributed by atoms with Crippen LogP contribution in [0.4, 0.5) is 0 Å². The van der Waals surface area contributed by atoms with Gasteiger partial charge in [-0.3, -0.25) is 0 Å². The van der Waals surface area contributed by atoms with Gasteiger partial charge in [-0.15, -0.1) is 0 Å². The number of hydrogen-bond donors (Lipinski definition) is 0. The minimum Gasteiger partial charge on any atom is -0.0622 e. The van der Waals surface area contributed by atoms with E-state index in [1.807, 2.05) is 0 Å². The smallest absolute Gasteiger partial charge is 0.0622 e. The molecule has 6 rings (SSSR count). The van der Waals surface area contributed by atoms with Crippen molar-refractivity contribution in [2.24, 2.45) is 0 Å². The fourth-order valence-corrected chi connectivity index (χ4v) is 16.5. The van der Waals surface area contributed by atoms with E-state index in [0.29, 0.717) is 0 Å². The van der Waals surface area contributed by atoms with Crippen LogP contribution < -0.4 is 31.8 Å². The molecule has 39 heavy (non-hydrogen) atoms. The minimum atomic E-state index is -2.25. The summed E-state index contributed by atoms with van der Waals surface area (Å²) in [4.78, 5) is 0. The molecule has 0 aliphatic carbocycles. The summed E-state index contributed by atoms with van der Waals surface area (Å²) in [7, 11) is -2.25. The summed E-state index contributed by atoms with van der Waals surface area (Å²) in [5.41, 5.74) is 2.82. The zero-order valence-electron chi connectivity index (χ0n) is 21.8. The van der Waals surface area contributed by atoms with Gasteiger partial charge < -0.3 is 0 Å². The van der Waals surface area contributed by atoms with E-state index >= 15 is 0 Å². The lowest BCUT2D eigenvalue weighted by Gasteiger charge is -2.33. The van der Waals surface area contributed by atoms with Crippen molar-refractivity contribution in [2.45, 2.75) is 0 Å². The van der Waals surface area contributed by atoms with Gasteiger partial charge in [-0.1, -0.05) is 146 Å². The Hall–Kier alpha value is -3.95. The van der Waals surface area contributed by atoms with Crippen molar-refractivity contribution in [3.8, 4) is 0 Å². The average molecular weight is 538 g/mol. The molecule has 0 heterocycles. The molecule has 0 atom stereocenters. The molecule has 0 unspecified atom stereocenters. The van der Waals surface area contributed by atoms with Crippen LogP contribution in [0.15, 0.2) is 182 Å². The molecule has 188 valence electrons. The Morgan fingerprint density at radius 2 is 0.538 bits per heavy atom. The molecule has 0 nitrogen and oxygen atoms in total. The van der Waals surface area contributed by atoms with Gasteiger partial charge in [0.25, 0.3) is 0 Å². The Morgan fingerprint density at radius 1 is 0.308 bits per heavy atom. The monoisotopic (exact) mass is 537 g/mol. The van der Waals surface area contributed by atoms with Crippen molar-refractivity contribution in [1.29, 1.82) is 0 Å². The second-order valence-electron chi connectivity index (χ2n) is 9.57. The van der Waals surface area contributed by atoms with Crippen molar-refractivity contribution in [3.63, 3.8) is 0 Å². The summed E-state index contributed by atoms with van der Waals surface area (Å²) < 4.78 is 0. The number of benzene rings is 6. The maximum absolute atomic E-state index is 2.82. The van der Waals surface area contributed by atoms with Crippen LogP contribution in [0.5, 0.6) is 0 Å². The molecule has 0 aromatic heterocycles. The fourth-order valence-electron chi connectivity index (χ4n) is 5.53. The first-order valence-corrected chi connectivity index (χ1v) is 17.0. The molecule has 0 bridgehead atoms. The first kappa shape index (κ1) is 25.3. The van der Waals surface area contributed by atoms with Gasteiger partial charge >= 0.3 is 0 Å². The Balaban J connectivity index is 1.88. The first-order chi connectivity index (χ1) is 19.3. The molecule has 0 N–H and O–H groups in total. The first-order valence-electron chi connectivity index (χ1n) is 13.3. The van der Waals surface area contributed by atoms with Crippen LogP contribution in [0.2, 0.25) is 0 Å². The largest absolute Gasteiger partial charge is 0.137 e.